The van der Waals surface area contributed by atoms with Crippen molar-refractivity contribution in [1.82, 2.24) is 14.5 Å². The van der Waals surface area contributed by atoms with Crippen LogP contribution < -0.4 is 5.32 Å². The van der Waals surface area contributed by atoms with Gasteiger partial charge in [0.2, 0.25) is 15.9 Å². The van der Waals surface area contributed by atoms with Crippen LogP contribution in [0.4, 0.5) is 0 Å². The Labute approximate surface area is 175 Å². The first-order valence-corrected chi connectivity index (χ1v) is 11.5. The molecule has 8 heteroatoms. The summed E-state index contributed by atoms with van der Waals surface area (Å²) in [5, 5.41) is 3.33. The quantitative estimate of drug-likeness (QED) is 0.753. The molecule has 2 heterocycles. The molecule has 1 aromatic rings. The molecule has 2 saturated heterocycles. The maximum absolute atomic E-state index is 13.2. The van der Waals surface area contributed by atoms with Crippen molar-refractivity contribution in [2.45, 2.75) is 50.5 Å². The summed E-state index contributed by atoms with van der Waals surface area (Å²) in [7, 11) is -3.55. The maximum Gasteiger partial charge on any atom is 0.243 e. The standard InChI is InChI=1S/C20H31N3O3S.ClH/c1-3-12-23(18-10-11-21-14-18)20(24)17-5-4-13-22(15-17)27(25,26)19-8-6-16(2)7-9-19;/h6-9,17-18,21H,3-5,10-15H2,1-2H3;1H. The third-order valence-corrected chi connectivity index (χ3v) is 7.49. The van der Waals surface area contributed by atoms with Gasteiger partial charge in [-0.3, -0.25) is 4.79 Å². The normalized spacial score (nSPS) is 23.2. The third-order valence-electron chi connectivity index (χ3n) is 5.61. The lowest BCUT2D eigenvalue weighted by molar-refractivity contribution is -0.138. The average molecular weight is 430 g/mol. The van der Waals surface area contributed by atoms with E-state index in [1.165, 1.54) is 4.31 Å². The number of amides is 1. The summed E-state index contributed by atoms with van der Waals surface area (Å²) < 4.78 is 27.5. The second kappa shape index (κ2) is 10.1. The zero-order valence-electron chi connectivity index (χ0n) is 16.8. The van der Waals surface area contributed by atoms with Crippen LogP contribution in [0.2, 0.25) is 0 Å². The smallest absolute Gasteiger partial charge is 0.243 e. The lowest BCUT2D eigenvalue weighted by Gasteiger charge is -2.36. The van der Waals surface area contributed by atoms with E-state index in [0.717, 1.165) is 50.9 Å². The van der Waals surface area contributed by atoms with Crippen molar-refractivity contribution >= 4 is 28.3 Å². The van der Waals surface area contributed by atoms with Crippen LogP contribution >= 0.6 is 12.4 Å². The van der Waals surface area contributed by atoms with Gasteiger partial charge in [0.05, 0.1) is 10.8 Å². The van der Waals surface area contributed by atoms with Gasteiger partial charge in [-0.1, -0.05) is 24.6 Å². The number of hydrogen-bond acceptors (Lipinski definition) is 4. The van der Waals surface area contributed by atoms with Gasteiger partial charge in [0.1, 0.15) is 0 Å². The topological polar surface area (TPSA) is 69.7 Å². The van der Waals surface area contributed by atoms with E-state index in [0.29, 0.717) is 11.4 Å². The number of halogens is 1. The van der Waals surface area contributed by atoms with Crippen molar-refractivity contribution in [3.05, 3.63) is 29.8 Å². The van der Waals surface area contributed by atoms with Crippen molar-refractivity contribution < 1.29 is 13.2 Å². The Morgan fingerprint density at radius 1 is 1.25 bits per heavy atom. The number of piperidine rings is 1. The zero-order chi connectivity index (χ0) is 19.4. The van der Waals surface area contributed by atoms with Gasteiger partial charge in [0, 0.05) is 32.2 Å². The molecule has 3 rings (SSSR count). The molecule has 28 heavy (non-hydrogen) atoms. The predicted octanol–water partition coefficient (Wildman–Crippen LogP) is 2.42. The minimum atomic E-state index is -3.55. The molecule has 0 saturated carbocycles. The van der Waals surface area contributed by atoms with E-state index in [9.17, 15) is 13.2 Å². The number of carbonyl (C=O) groups excluding carboxylic acids is 1. The van der Waals surface area contributed by atoms with Crippen molar-refractivity contribution in [1.29, 1.82) is 0 Å². The molecular weight excluding hydrogens is 398 g/mol. The Hall–Kier alpha value is -1.15. The van der Waals surface area contributed by atoms with Gasteiger partial charge in [0.25, 0.3) is 0 Å². The second-order valence-electron chi connectivity index (χ2n) is 7.69. The largest absolute Gasteiger partial charge is 0.338 e. The van der Waals surface area contributed by atoms with Crippen molar-refractivity contribution in [2.24, 2.45) is 5.92 Å². The Morgan fingerprint density at radius 2 is 1.96 bits per heavy atom. The number of carbonyl (C=O) groups is 1. The van der Waals surface area contributed by atoms with E-state index in [-0.39, 0.29) is 36.8 Å². The van der Waals surface area contributed by atoms with Gasteiger partial charge in [-0.2, -0.15) is 4.31 Å². The number of nitrogens with one attached hydrogen (secondary N) is 1. The van der Waals surface area contributed by atoms with Crippen LogP contribution in [-0.2, 0) is 14.8 Å². The summed E-state index contributed by atoms with van der Waals surface area (Å²) in [4.78, 5) is 15.5. The number of rotatable bonds is 6. The SMILES string of the molecule is CCCN(C(=O)C1CCCN(S(=O)(=O)c2ccc(C)cc2)C1)C1CCNC1.Cl. The molecule has 2 unspecified atom stereocenters. The number of benzene rings is 1. The molecule has 158 valence electrons. The van der Waals surface area contributed by atoms with Crippen molar-refractivity contribution in [3.63, 3.8) is 0 Å². The molecule has 0 bridgehead atoms. The van der Waals surface area contributed by atoms with Crippen molar-refractivity contribution in [3.8, 4) is 0 Å². The van der Waals surface area contributed by atoms with Gasteiger partial charge in [0.15, 0.2) is 0 Å². The highest BCUT2D eigenvalue weighted by Gasteiger charge is 2.37. The van der Waals surface area contributed by atoms with E-state index < -0.39 is 10.0 Å². The van der Waals surface area contributed by atoms with Crippen LogP contribution in [-0.4, -0.2) is 62.3 Å². The van der Waals surface area contributed by atoms with Crippen LogP contribution in [0.1, 0.15) is 38.2 Å². The lowest BCUT2D eigenvalue weighted by Crippen LogP contribution is -2.50. The number of nitrogens with zero attached hydrogens (tertiary/aromatic N) is 2. The summed E-state index contributed by atoms with van der Waals surface area (Å²) in [5.41, 5.74) is 1.03. The van der Waals surface area contributed by atoms with Crippen LogP contribution in [0.15, 0.2) is 29.2 Å². The highest BCUT2D eigenvalue weighted by molar-refractivity contribution is 7.89. The molecule has 0 aliphatic carbocycles. The van der Waals surface area contributed by atoms with E-state index in [1.807, 2.05) is 24.0 Å². The van der Waals surface area contributed by atoms with Crippen LogP contribution in [0.25, 0.3) is 0 Å². The molecule has 0 aromatic heterocycles. The molecule has 0 radical (unpaired) electrons. The zero-order valence-corrected chi connectivity index (χ0v) is 18.4. The first kappa shape index (κ1) is 23.1. The summed E-state index contributed by atoms with van der Waals surface area (Å²) in [6.45, 7) is 7.31. The molecule has 1 N–H and O–H groups in total. The number of aryl methyl sites for hydroxylation is 1. The fourth-order valence-electron chi connectivity index (χ4n) is 4.08. The van der Waals surface area contributed by atoms with Gasteiger partial charge < -0.3 is 10.2 Å². The summed E-state index contributed by atoms with van der Waals surface area (Å²) in [6.07, 6.45) is 3.38. The summed E-state index contributed by atoms with van der Waals surface area (Å²) in [6, 6.07) is 7.18. The fourth-order valence-corrected chi connectivity index (χ4v) is 5.60. The molecule has 6 nitrogen and oxygen atoms in total. The average Bonchev–Trinajstić information content (AvgIpc) is 3.20. The van der Waals surface area contributed by atoms with Crippen LogP contribution in [0.3, 0.4) is 0 Å². The van der Waals surface area contributed by atoms with Crippen molar-refractivity contribution in [2.75, 3.05) is 32.7 Å². The molecule has 2 aliphatic rings. The highest BCUT2D eigenvalue weighted by Crippen LogP contribution is 2.26. The van der Waals surface area contributed by atoms with Gasteiger partial charge >= 0.3 is 0 Å². The Balaban J connectivity index is 0.00000280. The molecule has 1 aromatic carbocycles. The Morgan fingerprint density at radius 3 is 2.57 bits per heavy atom. The molecule has 2 fully saturated rings. The second-order valence-corrected chi connectivity index (χ2v) is 9.63. The Bertz CT molecular complexity index is 748. The molecule has 0 spiro atoms. The van der Waals surface area contributed by atoms with Crippen LogP contribution in [0, 0.1) is 12.8 Å². The van der Waals surface area contributed by atoms with Crippen LogP contribution in [0.5, 0.6) is 0 Å². The Kier molecular flexibility index (Phi) is 8.30. The number of hydrogen-bond donors (Lipinski definition) is 1. The first-order chi connectivity index (χ1) is 12.9. The summed E-state index contributed by atoms with van der Waals surface area (Å²) >= 11 is 0. The fraction of sp³-hybridized carbons (Fsp3) is 0.650. The predicted molar refractivity (Wildman–Crippen MR) is 113 cm³/mol. The minimum Gasteiger partial charge on any atom is -0.338 e. The maximum atomic E-state index is 13.2. The first-order valence-electron chi connectivity index (χ1n) is 10.0. The van der Waals surface area contributed by atoms with E-state index in [2.05, 4.69) is 12.2 Å². The number of sulfonamides is 1. The molecule has 2 atom stereocenters. The van der Waals surface area contributed by atoms with E-state index >= 15 is 0 Å². The lowest BCUT2D eigenvalue weighted by atomic mass is 9.97. The van der Waals surface area contributed by atoms with Gasteiger partial charge in [-0.15, -0.1) is 12.4 Å². The molecule has 2 aliphatic heterocycles. The highest BCUT2D eigenvalue weighted by atomic mass is 35.5. The molecule has 1 amide bonds. The minimum absolute atomic E-state index is 0. The van der Waals surface area contributed by atoms with E-state index in [4.69, 9.17) is 0 Å². The molecular formula is C20H32ClN3O3S. The van der Waals surface area contributed by atoms with Gasteiger partial charge in [-0.05, 0) is 51.3 Å². The third kappa shape index (κ3) is 5.06. The monoisotopic (exact) mass is 429 g/mol. The van der Waals surface area contributed by atoms with E-state index in [1.54, 1.807) is 12.1 Å². The van der Waals surface area contributed by atoms with Gasteiger partial charge in [-0.25, -0.2) is 8.42 Å². The summed E-state index contributed by atoms with van der Waals surface area (Å²) in [5.74, 6) is -0.125.